The van der Waals surface area contributed by atoms with Crippen molar-refractivity contribution in [3.05, 3.63) is 101 Å². The number of nitrogens with zero attached hydrogens (tertiary/aromatic N) is 2. The van der Waals surface area contributed by atoms with Crippen molar-refractivity contribution >= 4 is 28.3 Å². The molecule has 0 aliphatic heterocycles. The molecule has 0 atom stereocenters. The Balaban J connectivity index is 1.82. The Bertz CT molecular complexity index is 1090. The van der Waals surface area contributed by atoms with E-state index in [1.165, 1.54) is 12.1 Å². The highest BCUT2D eigenvalue weighted by Gasteiger charge is 2.17. The fraction of sp³-hybridized carbons (Fsp3) is 0.0476. The normalized spacial score (nSPS) is 11.0. The van der Waals surface area contributed by atoms with E-state index in [9.17, 15) is 9.18 Å². The van der Waals surface area contributed by atoms with E-state index >= 15 is 0 Å². The van der Waals surface area contributed by atoms with E-state index in [0.29, 0.717) is 22.7 Å². The summed E-state index contributed by atoms with van der Waals surface area (Å²) in [6.07, 6.45) is 5.02. The zero-order chi connectivity index (χ0) is 18.1. The molecule has 4 rings (SSSR count). The second-order valence-electron chi connectivity index (χ2n) is 6.02. The molecule has 5 heteroatoms. The fourth-order valence-electron chi connectivity index (χ4n) is 3.03. The van der Waals surface area contributed by atoms with Gasteiger partial charge in [-0.25, -0.2) is 4.39 Å². The van der Waals surface area contributed by atoms with Crippen LogP contribution in [0.1, 0.15) is 21.5 Å². The standard InChI is InChI=1S/C21H14ClFN2O/c22-16-3-6-20-18(11-16)19(21(26)15-7-9-24-10-8-15)13-25(20)12-14-1-4-17(23)5-2-14/h1-11,13H,12H2. The Morgan fingerprint density at radius 3 is 2.50 bits per heavy atom. The number of pyridine rings is 1. The first-order valence-electron chi connectivity index (χ1n) is 8.09. The number of hydrogen-bond acceptors (Lipinski definition) is 2. The second kappa shape index (κ2) is 6.73. The maximum absolute atomic E-state index is 13.1. The number of ketones is 1. The lowest BCUT2D eigenvalue weighted by atomic mass is 10.0. The molecule has 0 fully saturated rings. The Kier molecular flexibility index (Phi) is 4.27. The molecule has 26 heavy (non-hydrogen) atoms. The van der Waals surface area contributed by atoms with Crippen LogP contribution in [0.25, 0.3) is 10.9 Å². The zero-order valence-corrected chi connectivity index (χ0v) is 14.4. The Hall–Kier alpha value is -2.98. The van der Waals surface area contributed by atoms with Gasteiger partial charge in [0.15, 0.2) is 5.78 Å². The largest absolute Gasteiger partial charge is 0.342 e. The summed E-state index contributed by atoms with van der Waals surface area (Å²) in [4.78, 5) is 16.9. The number of halogens is 2. The van der Waals surface area contributed by atoms with E-state index in [-0.39, 0.29) is 11.6 Å². The number of carbonyl (C=O) groups is 1. The molecule has 0 spiro atoms. The molecular weight excluding hydrogens is 351 g/mol. The summed E-state index contributed by atoms with van der Waals surface area (Å²) in [5.41, 5.74) is 2.99. The van der Waals surface area contributed by atoms with E-state index in [1.54, 1.807) is 48.8 Å². The lowest BCUT2D eigenvalue weighted by molar-refractivity contribution is 0.104. The minimum Gasteiger partial charge on any atom is -0.342 e. The van der Waals surface area contributed by atoms with Crippen molar-refractivity contribution in [3.8, 4) is 0 Å². The smallest absolute Gasteiger partial charge is 0.195 e. The predicted molar refractivity (Wildman–Crippen MR) is 100 cm³/mol. The first kappa shape index (κ1) is 16.5. The molecule has 0 aliphatic carbocycles. The van der Waals surface area contributed by atoms with Crippen LogP contribution in [-0.4, -0.2) is 15.3 Å². The highest BCUT2D eigenvalue weighted by Crippen LogP contribution is 2.27. The first-order valence-corrected chi connectivity index (χ1v) is 8.47. The van der Waals surface area contributed by atoms with Crippen LogP contribution in [0.2, 0.25) is 5.02 Å². The van der Waals surface area contributed by atoms with Crippen molar-refractivity contribution in [2.45, 2.75) is 6.54 Å². The van der Waals surface area contributed by atoms with Gasteiger partial charge in [-0.15, -0.1) is 0 Å². The van der Waals surface area contributed by atoms with Crippen LogP contribution in [0.3, 0.4) is 0 Å². The maximum atomic E-state index is 13.1. The predicted octanol–water partition coefficient (Wildman–Crippen LogP) is 5.11. The summed E-state index contributed by atoms with van der Waals surface area (Å²) in [5, 5.41) is 1.36. The van der Waals surface area contributed by atoms with Gasteiger partial charge < -0.3 is 4.57 Å². The van der Waals surface area contributed by atoms with Gasteiger partial charge in [0.05, 0.1) is 0 Å². The van der Waals surface area contributed by atoms with Gasteiger partial charge in [0.2, 0.25) is 0 Å². The summed E-state index contributed by atoms with van der Waals surface area (Å²) in [5.74, 6) is -0.357. The first-order chi connectivity index (χ1) is 12.6. The molecule has 0 saturated heterocycles. The number of aromatic nitrogens is 2. The van der Waals surface area contributed by atoms with Gasteiger partial charge in [-0.3, -0.25) is 9.78 Å². The maximum Gasteiger partial charge on any atom is 0.195 e. The van der Waals surface area contributed by atoms with E-state index in [1.807, 2.05) is 16.8 Å². The van der Waals surface area contributed by atoms with Crippen LogP contribution in [-0.2, 0) is 6.54 Å². The minimum absolute atomic E-state index is 0.0856. The summed E-state index contributed by atoms with van der Waals surface area (Å²) < 4.78 is 15.1. The highest BCUT2D eigenvalue weighted by atomic mass is 35.5. The van der Waals surface area contributed by atoms with Crippen LogP contribution in [0.5, 0.6) is 0 Å². The van der Waals surface area contributed by atoms with E-state index in [4.69, 9.17) is 11.6 Å². The average Bonchev–Trinajstić information content (AvgIpc) is 3.01. The number of hydrogen-bond donors (Lipinski definition) is 0. The Morgan fingerprint density at radius 2 is 1.77 bits per heavy atom. The van der Waals surface area contributed by atoms with E-state index < -0.39 is 0 Å². The molecule has 0 saturated carbocycles. The van der Waals surface area contributed by atoms with Crippen molar-refractivity contribution < 1.29 is 9.18 Å². The molecule has 4 aromatic rings. The minimum atomic E-state index is -0.272. The van der Waals surface area contributed by atoms with Crippen molar-refractivity contribution in [2.75, 3.05) is 0 Å². The van der Waals surface area contributed by atoms with Gasteiger partial charge in [-0.1, -0.05) is 23.7 Å². The van der Waals surface area contributed by atoms with Crippen LogP contribution in [0.4, 0.5) is 4.39 Å². The number of benzene rings is 2. The van der Waals surface area contributed by atoms with Crippen molar-refractivity contribution in [1.82, 2.24) is 9.55 Å². The molecule has 2 heterocycles. The molecule has 0 amide bonds. The van der Waals surface area contributed by atoms with Crippen molar-refractivity contribution in [2.24, 2.45) is 0 Å². The third-order valence-corrected chi connectivity index (χ3v) is 4.53. The lowest BCUT2D eigenvalue weighted by Crippen LogP contribution is -2.01. The van der Waals surface area contributed by atoms with Gasteiger partial charge in [0, 0.05) is 52.2 Å². The summed E-state index contributed by atoms with van der Waals surface area (Å²) in [6, 6.07) is 15.2. The third kappa shape index (κ3) is 3.11. The number of carbonyl (C=O) groups excluding carboxylic acids is 1. The Morgan fingerprint density at radius 1 is 1.04 bits per heavy atom. The summed E-state index contributed by atoms with van der Waals surface area (Å²) >= 11 is 6.16. The second-order valence-corrected chi connectivity index (χ2v) is 6.46. The van der Waals surface area contributed by atoms with Gasteiger partial charge in [-0.05, 0) is 48.0 Å². The van der Waals surface area contributed by atoms with Gasteiger partial charge in [0.1, 0.15) is 5.82 Å². The van der Waals surface area contributed by atoms with Crippen molar-refractivity contribution in [1.29, 1.82) is 0 Å². The third-order valence-electron chi connectivity index (χ3n) is 4.30. The summed E-state index contributed by atoms with van der Waals surface area (Å²) in [7, 11) is 0. The van der Waals surface area contributed by atoms with Crippen molar-refractivity contribution in [3.63, 3.8) is 0 Å². The van der Waals surface area contributed by atoms with Crippen LogP contribution >= 0.6 is 11.6 Å². The molecule has 0 N–H and O–H groups in total. The number of fused-ring (bicyclic) bond motifs is 1. The molecule has 2 aromatic carbocycles. The SMILES string of the molecule is O=C(c1ccncc1)c1cn(Cc2ccc(F)cc2)c2ccc(Cl)cc12. The molecule has 3 nitrogen and oxygen atoms in total. The monoisotopic (exact) mass is 364 g/mol. The molecule has 0 radical (unpaired) electrons. The van der Waals surface area contributed by atoms with Gasteiger partial charge >= 0.3 is 0 Å². The molecule has 2 aromatic heterocycles. The average molecular weight is 365 g/mol. The summed E-state index contributed by atoms with van der Waals surface area (Å²) in [6.45, 7) is 0.530. The molecular formula is C21H14ClFN2O. The van der Waals surface area contributed by atoms with Crippen LogP contribution < -0.4 is 0 Å². The zero-order valence-electron chi connectivity index (χ0n) is 13.7. The number of rotatable bonds is 4. The molecule has 128 valence electrons. The Labute approximate surface area is 154 Å². The topological polar surface area (TPSA) is 34.9 Å². The van der Waals surface area contributed by atoms with Crippen LogP contribution in [0.15, 0.2) is 73.2 Å². The van der Waals surface area contributed by atoms with E-state index in [0.717, 1.165) is 16.5 Å². The van der Waals surface area contributed by atoms with E-state index in [2.05, 4.69) is 4.98 Å². The molecule has 0 bridgehead atoms. The highest BCUT2D eigenvalue weighted by molar-refractivity contribution is 6.31. The lowest BCUT2D eigenvalue weighted by Gasteiger charge is -2.05. The molecule has 0 aliphatic rings. The van der Waals surface area contributed by atoms with Crippen LogP contribution in [0, 0.1) is 5.82 Å². The van der Waals surface area contributed by atoms with Gasteiger partial charge in [0.25, 0.3) is 0 Å². The fourth-order valence-corrected chi connectivity index (χ4v) is 3.20. The van der Waals surface area contributed by atoms with Gasteiger partial charge in [-0.2, -0.15) is 0 Å². The quantitative estimate of drug-likeness (QED) is 0.472. The molecule has 0 unspecified atom stereocenters.